The van der Waals surface area contributed by atoms with E-state index in [1.165, 1.54) is 42.0 Å². The van der Waals surface area contributed by atoms with Crippen LogP contribution >= 0.6 is 0 Å². The van der Waals surface area contributed by atoms with E-state index in [0.717, 1.165) is 25.7 Å². The molecule has 0 spiro atoms. The van der Waals surface area contributed by atoms with Gasteiger partial charge in [0.25, 0.3) is 5.91 Å². The molecule has 1 saturated carbocycles. The molecule has 2 N–H and O–H groups in total. The van der Waals surface area contributed by atoms with Crippen LogP contribution in [0.1, 0.15) is 54.2 Å². The van der Waals surface area contributed by atoms with Crippen molar-refractivity contribution in [2.24, 2.45) is 0 Å². The lowest BCUT2D eigenvalue weighted by Crippen LogP contribution is -2.47. The zero-order valence-electron chi connectivity index (χ0n) is 17.7. The SMILES string of the molecule is O=C(NC1CCCCC1)C(c1ccc(O)cc1)N(C(=O)c1cnccn1)c1ccccc1. The molecule has 164 valence electrons. The van der Waals surface area contributed by atoms with Crippen LogP contribution in [0.25, 0.3) is 0 Å². The van der Waals surface area contributed by atoms with Crippen molar-refractivity contribution in [1.82, 2.24) is 15.3 Å². The summed E-state index contributed by atoms with van der Waals surface area (Å²) in [6, 6.07) is 14.6. The third-order valence-electron chi connectivity index (χ3n) is 5.70. The Morgan fingerprint density at radius 1 is 0.969 bits per heavy atom. The van der Waals surface area contributed by atoms with Gasteiger partial charge in [0.05, 0.1) is 6.20 Å². The Bertz CT molecular complexity index is 1040. The van der Waals surface area contributed by atoms with Gasteiger partial charge in [-0.05, 0) is 42.7 Å². The molecule has 1 aliphatic rings. The first-order chi connectivity index (χ1) is 15.6. The lowest BCUT2D eigenvalue weighted by Gasteiger charge is -2.33. The highest BCUT2D eigenvalue weighted by molar-refractivity contribution is 6.09. The van der Waals surface area contributed by atoms with Crippen LogP contribution in [0.15, 0.2) is 73.2 Å². The predicted octanol–water partition coefficient (Wildman–Crippen LogP) is 4.02. The fraction of sp³-hybridized carbons (Fsp3) is 0.280. The maximum Gasteiger partial charge on any atom is 0.279 e. The van der Waals surface area contributed by atoms with Crippen molar-refractivity contribution in [3.63, 3.8) is 0 Å². The Morgan fingerprint density at radius 3 is 2.34 bits per heavy atom. The van der Waals surface area contributed by atoms with Gasteiger partial charge < -0.3 is 10.4 Å². The van der Waals surface area contributed by atoms with Gasteiger partial charge in [0.15, 0.2) is 0 Å². The summed E-state index contributed by atoms with van der Waals surface area (Å²) in [7, 11) is 0. The number of phenols is 1. The van der Waals surface area contributed by atoms with Gasteiger partial charge in [0.1, 0.15) is 17.5 Å². The lowest BCUT2D eigenvalue weighted by molar-refractivity contribution is -0.123. The van der Waals surface area contributed by atoms with Gasteiger partial charge in [-0.2, -0.15) is 0 Å². The number of nitrogens with one attached hydrogen (secondary N) is 1. The zero-order chi connectivity index (χ0) is 22.3. The van der Waals surface area contributed by atoms with Crippen molar-refractivity contribution >= 4 is 17.5 Å². The fourth-order valence-corrected chi connectivity index (χ4v) is 4.11. The van der Waals surface area contributed by atoms with Crippen molar-refractivity contribution in [1.29, 1.82) is 0 Å². The number of nitrogens with zero attached hydrogens (tertiary/aromatic N) is 3. The normalized spacial score (nSPS) is 15.0. The minimum absolute atomic E-state index is 0.0834. The number of aromatic hydroxyl groups is 1. The quantitative estimate of drug-likeness (QED) is 0.616. The number of carbonyl (C=O) groups is 2. The molecule has 4 rings (SSSR count). The molecule has 0 radical (unpaired) electrons. The van der Waals surface area contributed by atoms with Crippen molar-refractivity contribution in [2.45, 2.75) is 44.2 Å². The van der Waals surface area contributed by atoms with Gasteiger partial charge in [-0.15, -0.1) is 0 Å². The standard InChI is InChI=1S/C25H26N4O3/c30-21-13-11-18(12-14-21)23(24(31)28-19-7-3-1-4-8-19)29(20-9-5-2-6-10-20)25(32)22-17-26-15-16-27-22/h2,5-6,9-17,19,23,30H,1,3-4,7-8H2,(H,28,31). The third-order valence-corrected chi connectivity index (χ3v) is 5.70. The van der Waals surface area contributed by atoms with E-state index in [0.29, 0.717) is 11.3 Å². The number of phenolic OH excluding ortho intramolecular Hbond substituents is 1. The molecule has 2 amide bonds. The number of benzene rings is 2. The minimum atomic E-state index is -0.936. The van der Waals surface area contributed by atoms with E-state index in [1.54, 1.807) is 24.3 Å². The molecule has 0 bridgehead atoms. The van der Waals surface area contributed by atoms with Crippen molar-refractivity contribution < 1.29 is 14.7 Å². The number of amides is 2. The first-order valence-electron chi connectivity index (χ1n) is 10.9. The second-order valence-corrected chi connectivity index (χ2v) is 7.94. The third kappa shape index (κ3) is 4.94. The number of hydrogen-bond donors (Lipinski definition) is 2. The van der Waals surface area contributed by atoms with E-state index in [9.17, 15) is 14.7 Å². The molecule has 7 nitrogen and oxygen atoms in total. The molecule has 32 heavy (non-hydrogen) atoms. The Hall–Kier alpha value is -3.74. The molecule has 1 fully saturated rings. The van der Waals surface area contributed by atoms with Crippen LogP contribution in [0.4, 0.5) is 5.69 Å². The number of aromatic nitrogens is 2. The van der Waals surface area contributed by atoms with Crippen LogP contribution in [0.3, 0.4) is 0 Å². The average Bonchev–Trinajstić information content (AvgIpc) is 2.84. The highest BCUT2D eigenvalue weighted by Crippen LogP contribution is 2.31. The summed E-state index contributed by atoms with van der Waals surface area (Å²) in [5.41, 5.74) is 1.31. The van der Waals surface area contributed by atoms with Gasteiger partial charge in [-0.25, -0.2) is 4.98 Å². The molecule has 1 unspecified atom stereocenters. The van der Waals surface area contributed by atoms with Crippen molar-refractivity contribution in [3.8, 4) is 5.75 Å². The summed E-state index contributed by atoms with van der Waals surface area (Å²) in [5, 5.41) is 12.9. The first kappa shape index (κ1) is 21.5. The summed E-state index contributed by atoms with van der Waals surface area (Å²) in [6.07, 6.45) is 9.53. The number of carbonyl (C=O) groups excluding carboxylic acids is 2. The average molecular weight is 431 g/mol. The Kier molecular flexibility index (Phi) is 6.75. The molecule has 1 atom stereocenters. The number of anilines is 1. The zero-order valence-corrected chi connectivity index (χ0v) is 17.7. The molecule has 2 aromatic carbocycles. The second-order valence-electron chi connectivity index (χ2n) is 7.94. The first-order valence-corrected chi connectivity index (χ1v) is 10.9. The van der Waals surface area contributed by atoms with Crippen molar-refractivity contribution in [3.05, 3.63) is 84.4 Å². The number of hydrogen-bond acceptors (Lipinski definition) is 5. The lowest BCUT2D eigenvalue weighted by atomic mass is 9.94. The fourth-order valence-electron chi connectivity index (χ4n) is 4.11. The van der Waals surface area contributed by atoms with Crippen LogP contribution in [0.2, 0.25) is 0 Å². The number of rotatable bonds is 6. The van der Waals surface area contributed by atoms with Gasteiger partial charge >= 0.3 is 0 Å². The molecule has 1 aliphatic carbocycles. The maximum absolute atomic E-state index is 13.6. The van der Waals surface area contributed by atoms with Crippen LogP contribution in [0, 0.1) is 0 Å². The summed E-state index contributed by atoms with van der Waals surface area (Å²) < 4.78 is 0. The molecule has 1 heterocycles. The molecular formula is C25H26N4O3. The van der Waals surface area contributed by atoms with Gasteiger partial charge in [-0.3, -0.25) is 19.5 Å². The van der Waals surface area contributed by atoms with Crippen LogP contribution < -0.4 is 10.2 Å². The van der Waals surface area contributed by atoms with Gasteiger partial charge in [0, 0.05) is 24.1 Å². The Morgan fingerprint density at radius 2 is 1.69 bits per heavy atom. The smallest absolute Gasteiger partial charge is 0.279 e. The molecule has 7 heteroatoms. The highest BCUT2D eigenvalue weighted by Gasteiger charge is 2.35. The van der Waals surface area contributed by atoms with Crippen LogP contribution in [-0.4, -0.2) is 32.9 Å². The summed E-state index contributed by atoms with van der Waals surface area (Å²) >= 11 is 0. The summed E-state index contributed by atoms with van der Waals surface area (Å²) in [5.74, 6) is -0.600. The van der Waals surface area contributed by atoms with E-state index in [1.807, 2.05) is 18.2 Å². The minimum Gasteiger partial charge on any atom is -0.508 e. The summed E-state index contributed by atoms with van der Waals surface area (Å²) in [6.45, 7) is 0. The predicted molar refractivity (Wildman–Crippen MR) is 121 cm³/mol. The topological polar surface area (TPSA) is 95.4 Å². The van der Waals surface area contributed by atoms with E-state index < -0.39 is 11.9 Å². The Labute approximate surface area is 187 Å². The van der Waals surface area contributed by atoms with Crippen molar-refractivity contribution in [2.75, 3.05) is 4.90 Å². The van der Waals surface area contributed by atoms with Gasteiger partial charge in [-0.1, -0.05) is 49.6 Å². The van der Waals surface area contributed by atoms with E-state index in [2.05, 4.69) is 15.3 Å². The van der Waals surface area contributed by atoms with E-state index in [4.69, 9.17) is 0 Å². The molecule has 3 aromatic rings. The number of para-hydroxylation sites is 1. The van der Waals surface area contributed by atoms with E-state index >= 15 is 0 Å². The highest BCUT2D eigenvalue weighted by atomic mass is 16.3. The molecular weight excluding hydrogens is 404 g/mol. The maximum atomic E-state index is 13.6. The van der Waals surface area contributed by atoms with Gasteiger partial charge in [0.2, 0.25) is 5.91 Å². The van der Waals surface area contributed by atoms with Crippen LogP contribution in [-0.2, 0) is 4.79 Å². The van der Waals surface area contributed by atoms with Crippen LogP contribution in [0.5, 0.6) is 5.75 Å². The molecule has 0 saturated heterocycles. The summed E-state index contributed by atoms with van der Waals surface area (Å²) in [4.78, 5) is 36.9. The molecule has 0 aliphatic heterocycles. The molecule has 1 aromatic heterocycles. The largest absolute Gasteiger partial charge is 0.508 e. The van der Waals surface area contributed by atoms with E-state index in [-0.39, 0.29) is 23.4 Å². The monoisotopic (exact) mass is 430 g/mol. The Balaban J connectivity index is 1.77. The second kappa shape index (κ2) is 10.0.